The van der Waals surface area contributed by atoms with Gasteiger partial charge in [0.05, 0.1) is 0 Å². The maximum Gasteiger partial charge on any atom is 0.762 e. The van der Waals surface area contributed by atoms with Crippen molar-refractivity contribution in [2.75, 3.05) is 6.54 Å². The lowest BCUT2D eigenvalue weighted by atomic mass is 10.0. The summed E-state index contributed by atoms with van der Waals surface area (Å²) in [5, 5.41) is 0. The lowest BCUT2D eigenvalue weighted by Gasteiger charge is -2.16. The van der Waals surface area contributed by atoms with Crippen LogP contribution in [0.5, 0.6) is 0 Å². The number of halogens is 3. The first-order chi connectivity index (χ1) is 9.26. The van der Waals surface area contributed by atoms with Crippen molar-refractivity contribution in [3.8, 4) is 0 Å². The second-order valence-corrected chi connectivity index (χ2v) is 4.92. The van der Waals surface area contributed by atoms with Gasteiger partial charge in [-0.15, -0.1) is 0 Å². The summed E-state index contributed by atoms with van der Waals surface area (Å²) in [5.74, 6) is 0. The van der Waals surface area contributed by atoms with Gasteiger partial charge >= 0.3 is 17.8 Å². The van der Waals surface area contributed by atoms with Crippen LogP contribution < -0.4 is 10.5 Å². The van der Waals surface area contributed by atoms with Crippen LogP contribution in [0.15, 0.2) is 30.3 Å². The largest absolute Gasteiger partial charge is 0.762 e. The molecule has 0 saturated carbocycles. The van der Waals surface area contributed by atoms with Crippen LogP contribution >= 0.6 is 0 Å². The minimum Gasteiger partial charge on any atom is -0.330 e. The van der Waals surface area contributed by atoms with E-state index in [1.807, 2.05) is 18.2 Å². The van der Waals surface area contributed by atoms with Crippen LogP contribution in [0, 0.1) is 0 Å². The van der Waals surface area contributed by atoms with Crippen LogP contribution in [-0.4, -0.2) is 27.1 Å². The molecule has 0 heterocycles. The van der Waals surface area contributed by atoms with E-state index in [1.165, 1.54) is 0 Å². The van der Waals surface area contributed by atoms with Gasteiger partial charge in [-0.3, -0.25) is 17.5 Å². The molecule has 1 aromatic carbocycles. The zero-order chi connectivity index (χ0) is 15.6. The predicted octanol–water partition coefficient (Wildman–Crippen LogP) is 1.74. The molecule has 5 nitrogen and oxygen atoms in total. The lowest BCUT2D eigenvalue weighted by molar-refractivity contribution is 0.444. The normalized spacial score (nSPS) is 12.2. The molecule has 0 spiro atoms. The second kappa shape index (κ2) is 9.75. The monoisotopic (exact) mass is 312 g/mol. The summed E-state index contributed by atoms with van der Waals surface area (Å²) in [7, 11) is -7.86. The first-order valence-electron chi connectivity index (χ1n) is 5.68. The maximum absolute atomic E-state index is 10.8. The maximum atomic E-state index is 10.8. The summed E-state index contributed by atoms with van der Waals surface area (Å²) < 4.78 is 61.5. The Bertz CT molecular complexity index is 459. The Kier molecular flexibility index (Phi) is 9.22. The first kappa shape index (κ1) is 18.9. The molecule has 0 bridgehead atoms. The van der Waals surface area contributed by atoms with Gasteiger partial charge in [-0.25, -0.2) is 0 Å². The van der Waals surface area contributed by atoms with Gasteiger partial charge in [0, 0.05) is 6.04 Å². The molecule has 114 valence electrons. The van der Waals surface area contributed by atoms with Gasteiger partial charge in [0.25, 0.3) is 0 Å². The van der Waals surface area contributed by atoms with Gasteiger partial charge in [0.2, 0.25) is 0 Å². The highest BCUT2D eigenvalue weighted by Gasteiger charge is 2.16. The smallest absolute Gasteiger partial charge is 0.330 e. The van der Waals surface area contributed by atoms with Crippen molar-refractivity contribution in [3.63, 3.8) is 0 Å². The molecule has 0 amide bonds. The van der Waals surface area contributed by atoms with Crippen molar-refractivity contribution < 1.29 is 25.9 Å². The lowest BCUT2D eigenvalue weighted by Crippen LogP contribution is -2.28. The molecular weight excluding hydrogens is 296 g/mol. The summed E-state index contributed by atoms with van der Waals surface area (Å²) in [5.41, 5.74) is 6.19. The molecule has 0 aliphatic heterocycles. The van der Waals surface area contributed by atoms with Crippen LogP contribution in [0.4, 0.5) is 12.9 Å². The minimum absolute atomic E-state index is 0.431. The fraction of sp³-hybridized carbons (Fsp3) is 0.400. The number of hydrogen-bond acceptors (Lipinski definition) is 3. The number of rotatable bonds is 6. The third-order valence-corrected chi connectivity index (χ3v) is 2.77. The van der Waals surface area contributed by atoms with E-state index < -0.39 is 23.9 Å². The number of nitrogens with one attached hydrogen (secondary N) is 1. The Labute approximate surface area is 116 Å². The summed E-state index contributed by atoms with van der Waals surface area (Å²) in [6, 6.07) is 8.66. The molecule has 20 heavy (non-hydrogen) atoms. The average molecular weight is 312 g/mol. The summed E-state index contributed by atoms with van der Waals surface area (Å²) in [6.45, 7) is 0.483. The quantitative estimate of drug-likeness (QED) is 0.551. The molecule has 10 heteroatoms. The Morgan fingerprint density at radius 3 is 2.15 bits per heavy atom. The highest BCUT2D eigenvalue weighted by molar-refractivity contribution is 7.83. The highest BCUT2D eigenvalue weighted by atomic mass is 32.2. The van der Waals surface area contributed by atoms with Gasteiger partial charge in [0.15, 0.2) is 0 Å². The summed E-state index contributed by atoms with van der Waals surface area (Å²) in [6.07, 6.45) is 1.24. The SMILES string of the molecule is FB(F)F.NCCCC(NS(=O)(=O)O)c1ccccc1. The molecule has 1 aromatic rings. The van der Waals surface area contributed by atoms with Crippen molar-refractivity contribution >= 4 is 17.8 Å². The molecule has 1 rings (SSSR count). The summed E-state index contributed by atoms with van der Waals surface area (Å²) in [4.78, 5) is 0. The van der Waals surface area contributed by atoms with E-state index in [0.29, 0.717) is 19.4 Å². The van der Waals surface area contributed by atoms with E-state index in [4.69, 9.17) is 10.3 Å². The molecule has 0 aliphatic rings. The van der Waals surface area contributed by atoms with Crippen molar-refractivity contribution in [1.29, 1.82) is 0 Å². The van der Waals surface area contributed by atoms with E-state index in [9.17, 15) is 21.4 Å². The standard InChI is InChI=1S/C10H16N2O3S.BF3/c11-8-4-7-10(12-16(13,14)15)9-5-2-1-3-6-9;2-1(3)4/h1-3,5-6,10,12H,4,7-8,11H2,(H,13,14,15);. The van der Waals surface area contributed by atoms with Gasteiger partial charge in [-0.05, 0) is 24.9 Å². The topological polar surface area (TPSA) is 92.4 Å². The zero-order valence-corrected chi connectivity index (χ0v) is 11.4. The number of nitrogens with two attached hydrogens (primary N) is 1. The molecule has 0 fully saturated rings. The van der Waals surface area contributed by atoms with Crippen LogP contribution in [0.2, 0.25) is 0 Å². The fourth-order valence-corrected chi connectivity index (χ4v) is 2.09. The van der Waals surface area contributed by atoms with Gasteiger partial charge in [-0.1, -0.05) is 30.3 Å². The molecule has 1 unspecified atom stereocenters. The highest BCUT2D eigenvalue weighted by Crippen LogP contribution is 2.18. The van der Waals surface area contributed by atoms with Crippen LogP contribution in [0.3, 0.4) is 0 Å². The van der Waals surface area contributed by atoms with E-state index >= 15 is 0 Å². The Balaban J connectivity index is 0.000000796. The third kappa shape index (κ3) is 10.8. The Hall–Kier alpha value is -1.10. The molecule has 1 atom stereocenters. The molecule has 0 aliphatic carbocycles. The second-order valence-electron chi connectivity index (χ2n) is 3.73. The number of hydrogen-bond donors (Lipinski definition) is 3. The fourth-order valence-electron chi connectivity index (χ4n) is 1.48. The zero-order valence-electron chi connectivity index (χ0n) is 10.5. The van der Waals surface area contributed by atoms with Crippen LogP contribution in [0.25, 0.3) is 0 Å². The third-order valence-electron chi connectivity index (χ3n) is 2.19. The average Bonchev–Trinajstić information content (AvgIpc) is 2.33. The van der Waals surface area contributed by atoms with Crippen molar-refractivity contribution in [1.82, 2.24) is 4.72 Å². The van der Waals surface area contributed by atoms with Crippen LogP contribution in [-0.2, 0) is 10.3 Å². The van der Waals surface area contributed by atoms with E-state index in [-0.39, 0.29) is 0 Å². The van der Waals surface area contributed by atoms with Crippen molar-refractivity contribution in [2.45, 2.75) is 18.9 Å². The van der Waals surface area contributed by atoms with Gasteiger partial charge < -0.3 is 5.73 Å². The molecule has 0 radical (unpaired) electrons. The predicted molar refractivity (Wildman–Crippen MR) is 71.2 cm³/mol. The molecule has 0 saturated heterocycles. The molecule has 4 N–H and O–H groups in total. The van der Waals surface area contributed by atoms with Crippen LogP contribution in [0.1, 0.15) is 24.4 Å². The van der Waals surface area contributed by atoms with E-state index in [2.05, 4.69) is 4.72 Å². The van der Waals surface area contributed by atoms with Crippen molar-refractivity contribution in [2.24, 2.45) is 5.73 Å². The van der Waals surface area contributed by atoms with E-state index in [1.54, 1.807) is 12.1 Å². The number of benzene rings is 1. The van der Waals surface area contributed by atoms with E-state index in [0.717, 1.165) is 5.56 Å². The Morgan fingerprint density at radius 1 is 1.25 bits per heavy atom. The minimum atomic E-state index is -4.19. The molecular formula is C10H16BF3N2O3S. The van der Waals surface area contributed by atoms with Gasteiger partial charge in [0.1, 0.15) is 0 Å². The van der Waals surface area contributed by atoms with Crippen molar-refractivity contribution in [3.05, 3.63) is 35.9 Å². The van der Waals surface area contributed by atoms with Gasteiger partial charge in [-0.2, -0.15) is 13.1 Å². The Morgan fingerprint density at radius 2 is 1.75 bits per heavy atom. The summed E-state index contributed by atoms with van der Waals surface area (Å²) >= 11 is 0. The molecule has 0 aromatic heterocycles. The first-order valence-corrected chi connectivity index (χ1v) is 7.12.